The van der Waals surface area contributed by atoms with Crippen molar-refractivity contribution in [3.8, 4) is 11.4 Å². The van der Waals surface area contributed by atoms with E-state index in [4.69, 9.17) is 5.73 Å². The van der Waals surface area contributed by atoms with E-state index < -0.39 is 44.8 Å². The molecule has 0 saturated carbocycles. The zero-order valence-corrected chi connectivity index (χ0v) is 21.8. The number of piperazine rings is 1. The molecule has 4 aromatic rings. The number of phenols is 1. The van der Waals surface area contributed by atoms with Gasteiger partial charge in [0.2, 0.25) is 10.0 Å². The number of hydrogen-bond acceptors (Lipinski definition) is 6. The number of benzene rings is 3. The molecule has 0 amide bonds. The number of sulfonamides is 1. The van der Waals surface area contributed by atoms with E-state index in [0.29, 0.717) is 18.7 Å². The molecule has 1 aliphatic rings. The second kappa shape index (κ2) is 9.93. The highest BCUT2D eigenvalue weighted by Crippen LogP contribution is 2.40. The van der Waals surface area contributed by atoms with Crippen LogP contribution in [0.5, 0.6) is 5.75 Å². The lowest BCUT2D eigenvalue weighted by Gasteiger charge is -2.42. The molecule has 0 aliphatic carbocycles. The van der Waals surface area contributed by atoms with E-state index >= 15 is 0 Å². The summed E-state index contributed by atoms with van der Waals surface area (Å²) in [5.41, 5.74) is 5.15. The Morgan fingerprint density at radius 1 is 1.05 bits per heavy atom. The molecule has 3 N–H and O–H groups in total. The van der Waals surface area contributed by atoms with Gasteiger partial charge in [-0.1, -0.05) is 30.3 Å². The minimum Gasteiger partial charge on any atom is -0.503 e. The number of aromatic nitrogens is 2. The molecule has 8 nitrogen and oxygen atoms in total. The van der Waals surface area contributed by atoms with Crippen LogP contribution >= 0.6 is 0 Å². The fourth-order valence-electron chi connectivity index (χ4n) is 4.99. The minimum atomic E-state index is -5.20. The van der Waals surface area contributed by atoms with Crippen LogP contribution < -0.4 is 10.6 Å². The van der Waals surface area contributed by atoms with Crippen molar-refractivity contribution in [1.82, 2.24) is 14.1 Å². The number of fused-ring (bicyclic) bond motifs is 1. The smallest absolute Gasteiger partial charge is 0.419 e. The number of nitrogens with zero attached hydrogens (tertiary/aromatic N) is 4. The Kier molecular flexibility index (Phi) is 6.86. The summed E-state index contributed by atoms with van der Waals surface area (Å²) in [6.07, 6.45) is -3.52. The standard InChI is InChI=1S/C26H24F5N5O3S/c1-40(38,39)34-9-10-35(17(14-34)11-15-5-3-2-4-6-15)16-7-8-20-18(12-16)25(32)33-36(20)21-13-19(26(29,30)31)22(27)24(37)23(21)28/h2-8,12-13,17,37H,9-11,14H2,1H3,(H2,32,33)/t17-/m1/s1. The third kappa shape index (κ3) is 5.04. The molecule has 0 spiro atoms. The average molecular weight is 582 g/mol. The van der Waals surface area contributed by atoms with E-state index in [9.17, 15) is 35.5 Å². The molecular formula is C26H24F5N5O3S. The number of rotatable bonds is 5. The molecule has 5 rings (SSSR count). The maximum atomic E-state index is 14.8. The number of nitrogens with two attached hydrogens (primary N) is 1. The first-order valence-electron chi connectivity index (χ1n) is 12.1. The molecular weight excluding hydrogens is 557 g/mol. The van der Waals surface area contributed by atoms with E-state index in [1.54, 1.807) is 12.1 Å². The van der Waals surface area contributed by atoms with Crippen LogP contribution in [0.2, 0.25) is 0 Å². The molecule has 0 bridgehead atoms. The molecule has 1 aromatic heterocycles. The van der Waals surface area contributed by atoms with Crippen molar-refractivity contribution in [2.24, 2.45) is 0 Å². The van der Waals surface area contributed by atoms with Gasteiger partial charge >= 0.3 is 6.18 Å². The van der Waals surface area contributed by atoms with Crippen molar-refractivity contribution in [2.75, 3.05) is 36.5 Å². The molecule has 14 heteroatoms. The summed E-state index contributed by atoms with van der Waals surface area (Å²) < 4.78 is 95.6. The van der Waals surface area contributed by atoms with Gasteiger partial charge in [0, 0.05) is 36.7 Å². The predicted octanol–water partition coefficient (Wildman–Crippen LogP) is 4.30. The van der Waals surface area contributed by atoms with Crippen LogP contribution in [0.25, 0.3) is 16.6 Å². The van der Waals surface area contributed by atoms with E-state index in [1.165, 1.54) is 10.4 Å². The van der Waals surface area contributed by atoms with E-state index in [-0.39, 0.29) is 41.9 Å². The maximum absolute atomic E-state index is 14.8. The van der Waals surface area contributed by atoms with Crippen LogP contribution in [-0.4, -0.2) is 59.5 Å². The van der Waals surface area contributed by atoms with Gasteiger partial charge in [0.05, 0.1) is 17.3 Å². The molecule has 40 heavy (non-hydrogen) atoms. The highest BCUT2D eigenvalue weighted by molar-refractivity contribution is 7.88. The summed E-state index contributed by atoms with van der Waals surface area (Å²) in [5, 5.41) is 14.0. The minimum absolute atomic E-state index is 0.119. The first-order chi connectivity index (χ1) is 18.8. The highest BCUT2D eigenvalue weighted by Gasteiger charge is 2.38. The summed E-state index contributed by atoms with van der Waals surface area (Å²) in [4.78, 5) is 2.01. The maximum Gasteiger partial charge on any atom is 0.419 e. The van der Waals surface area contributed by atoms with Gasteiger partial charge in [0.1, 0.15) is 5.69 Å². The molecule has 1 fully saturated rings. The van der Waals surface area contributed by atoms with Gasteiger partial charge in [-0.15, -0.1) is 5.10 Å². The molecule has 1 aliphatic heterocycles. The van der Waals surface area contributed by atoms with E-state index in [2.05, 4.69) is 5.10 Å². The third-order valence-electron chi connectivity index (χ3n) is 6.94. The molecule has 1 saturated heterocycles. The zero-order valence-electron chi connectivity index (χ0n) is 21.0. The van der Waals surface area contributed by atoms with Crippen molar-refractivity contribution in [3.05, 3.63) is 77.4 Å². The molecule has 1 atom stereocenters. The predicted molar refractivity (Wildman–Crippen MR) is 140 cm³/mol. The zero-order chi connectivity index (χ0) is 29.0. The third-order valence-corrected chi connectivity index (χ3v) is 8.21. The van der Waals surface area contributed by atoms with Crippen LogP contribution in [0, 0.1) is 11.6 Å². The van der Waals surface area contributed by atoms with Crippen LogP contribution in [0.1, 0.15) is 11.1 Å². The lowest BCUT2D eigenvalue weighted by Crippen LogP contribution is -2.55. The van der Waals surface area contributed by atoms with Crippen molar-refractivity contribution < 1.29 is 35.5 Å². The van der Waals surface area contributed by atoms with E-state index in [1.807, 2.05) is 35.2 Å². The van der Waals surface area contributed by atoms with Crippen molar-refractivity contribution >= 4 is 32.4 Å². The Labute approximate surface area is 226 Å². The number of nitrogen functional groups attached to an aromatic ring is 1. The number of halogens is 5. The summed E-state index contributed by atoms with van der Waals surface area (Å²) in [5.74, 6) is -5.67. The van der Waals surface area contributed by atoms with Gasteiger partial charge in [0.15, 0.2) is 23.2 Å². The van der Waals surface area contributed by atoms with Gasteiger partial charge in [-0.25, -0.2) is 21.9 Å². The largest absolute Gasteiger partial charge is 0.503 e. The van der Waals surface area contributed by atoms with Gasteiger partial charge in [-0.2, -0.15) is 17.5 Å². The number of phenolic OH excluding ortho intramolecular Hbond substituents is 1. The van der Waals surface area contributed by atoms with Gasteiger partial charge in [-0.05, 0) is 36.2 Å². The van der Waals surface area contributed by atoms with Crippen molar-refractivity contribution in [1.29, 1.82) is 0 Å². The number of anilines is 2. The number of hydrogen-bond donors (Lipinski definition) is 2. The van der Waals surface area contributed by atoms with Crippen molar-refractivity contribution in [2.45, 2.75) is 18.6 Å². The Balaban J connectivity index is 1.57. The Morgan fingerprint density at radius 2 is 1.75 bits per heavy atom. The molecule has 3 aromatic carbocycles. The van der Waals surface area contributed by atoms with Crippen LogP contribution in [-0.2, 0) is 22.6 Å². The van der Waals surface area contributed by atoms with Crippen LogP contribution in [0.4, 0.5) is 33.5 Å². The summed E-state index contributed by atoms with van der Waals surface area (Å²) >= 11 is 0. The Bertz CT molecular complexity index is 1690. The monoisotopic (exact) mass is 581 g/mol. The molecule has 0 unspecified atom stereocenters. The lowest BCUT2D eigenvalue weighted by atomic mass is 10.0. The fraction of sp³-hybridized carbons (Fsp3) is 0.269. The van der Waals surface area contributed by atoms with Gasteiger partial charge in [-0.3, -0.25) is 0 Å². The van der Waals surface area contributed by atoms with Gasteiger partial charge < -0.3 is 15.7 Å². The fourth-order valence-corrected chi connectivity index (χ4v) is 5.85. The molecule has 212 valence electrons. The second-order valence-electron chi connectivity index (χ2n) is 9.57. The highest BCUT2D eigenvalue weighted by atomic mass is 32.2. The van der Waals surface area contributed by atoms with Crippen LogP contribution in [0.3, 0.4) is 0 Å². The summed E-state index contributed by atoms with van der Waals surface area (Å²) in [7, 11) is -3.44. The number of aromatic hydroxyl groups is 1. The average Bonchev–Trinajstić information content (AvgIpc) is 3.22. The SMILES string of the molecule is CS(=O)(=O)N1CCN(c2ccc3c(c2)c(N)nn3-c2cc(C(F)(F)F)c(F)c(O)c2F)[C@H](Cc2ccccc2)C1. The molecule has 2 heterocycles. The first kappa shape index (κ1) is 27.6. The summed E-state index contributed by atoms with van der Waals surface area (Å²) in [6, 6.07) is 14.2. The van der Waals surface area contributed by atoms with Gasteiger partial charge in [0.25, 0.3) is 0 Å². The Morgan fingerprint density at radius 3 is 2.40 bits per heavy atom. The van der Waals surface area contributed by atoms with E-state index in [0.717, 1.165) is 16.5 Å². The Hall–Kier alpha value is -3.91. The summed E-state index contributed by atoms with van der Waals surface area (Å²) in [6.45, 7) is 0.803. The first-order valence-corrected chi connectivity index (χ1v) is 13.9. The normalized spacial score (nSPS) is 17.1. The molecule has 0 radical (unpaired) electrons. The van der Waals surface area contributed by atoms with Crippen LogP contribution in [0.15, 0.2) is 54.6 Å². The number of alkyl halides is 3. The topological polar surface area (TPSA) is 105 Å². The lowest BCUT2D eigenvalue weighted by molar-refractivity contribution is -0.140. The van der Waals surface area contributed by atoms with Crippen molar-refractivity contribution in [3.63, 3.8) is 0 Å². The quantitative estimate of drug-likeness (QED) is 0.341. The second-order valence-corrected chi connectivity index (χ2v) is 11.6.